The van der Waals surface area contributed by atoms with Gasteiger partial charge in [0.1, 0.15) is 5.82 Å². The van der Waals surface area contributed by atoms with Gasteiger partial charge in [-0.25, -0.2) is 4.98 Å². The minimum atomic E-state index is -0.381. The highest BCUT2D eigenvalue weighted by Gasteiger charge is 2.25. The summed E-state index contributed by atoms with van der Waals surface area (Å²) in [6.45, 7) is 0. The van der Waals surface area contributed by atoms with Crippen molar-refractivity contribution in [2.45, 2.75) is 18.9 Å². The summed E-state index contributed by atoms with van der Waals surface area (Å²) < 4.78 is 1.93. The molecule has 0 fully saturated rings. The standard InChI is InChI=1S/C18H17N5O2/c1-21-17-11-15(23(24)25)7-8-16(17)20-18(21)12-14-9-10-19-22(14)13-5-3-2-4-6-13/h2-8,10-11,14H,9,12H2,1H3. The number of non-ortho nitro benzene ring substituents is 1. The van der Waals surface area contributed by atoms with Crippen molar-refractivity contribution in [3.05, 3.63) is 64.5 Å². The molecule has 3 aromatic rings. The Morgan fingerprint density at radius 2 is 2.04 bits per heavy atom. The molecular weight excluding hydrogens is 318 g/mol. The smallest absolute Gasteiger partial charge is 0.271 e. The van der Waals surface area contributed by atoms with E-state index in [1.54, 1.807) is 12.1 Å². The average molecular weight is 335 g/mol. The highest BCUT2D eigenvalue weighted by molar-refractivity contribution is 5.78. The number of imidazole rings is 1. The maximum absolute atomic E-state index is 11.0. The van der Waals surface area contributed by atoms with Gasteiger partial charge in [-0.2, -0.15) is 5.10 Å². The summed E-state index contributed by atoms with van der Waals surface area (Å²) >= 11 is 0. The van der Waals surface area contributed by atoms with Crippen LogP contribution in [-0.2, 0) is 13.5 Å². The molecule has 126 valence electrons. The first kappa shape index (κ1) is 15.3. The predicted molar refractivity (Wildman–Crippen MR) is 96.9 cm³/mol. The molecule has 2 heterocycles. The number of fused-ring (bicyclic) bond motifs is 1. The summed E-state index contributed by atoms with van der Waals surface area (Å²) in [5, 5.41) is 17.5. The lowest BCUT2D eigenvalue weighted by atomic mass is 10.1. The third kappa shape index (κ3) is 2.73. The number of aromatic nitrogens is 2. The van der Waals surface area contributed by atoms with Crippen LogP contribution < -0.4 is 5.01 Å². The minimum absolute atomic E-state index is 0.0807. The van der Waals surface area contributed by atoms with Crippen LogP contribution in [0.3, 0.4) is 0 Å². The Kier molecular flexibility index (Phi) is 3.68. The fourth-order valence-corrected chi connectivity index (χ4v) is 3.21. The fraction of sp³-hybridized carbons (Fsp3) is 0.222. The van der Waals surface area contributed by atoms with Gasteiger partial charge in [-0.15, -0.1) is 0 Å². The van der Waals surface area contributed by atoms with Gasteiger partial charge in [0, 0.05) is 38.2 Å². The van der Waals surface area contributed by atoms with E-state index in [-0.39, 0.29) is 16.7 Å². The second-order valence-electron chi connectivity index (χ2n) is 6.09. The Morgan fingerprint density at radius 3 is 2.80 bits per heavy atom. The number of hydrogen-bond acceptors (Lipinski definition) is 5. The van der Waals surface area contributed by atoms with Crippen LogP contribution >= 0.6 is 0 Å². The number of hydrazone groups is 1. The van der Waals surface area contributed by atoms with E-state index in [4.69, 9.17) is 0 Å². The van der Waals surface area contributed by atoms with Crippen LogP contribution in [0.2, 0.25) is 0 Å². The third-order valence-corrected chi connectivity index (χ3v) is 4.54. The minimum Gasteiger partial charge on any atom is -0.331 e. The lowest BCUT2D eigenvalue weighted by molar-refractivity contribution is -0.384. The number of benzene rings is 2. The molecule has 0 saturated heterocycles. The van der Waals surface area contributed by atoms with Crippen molar-refractivity contribution in [1.29, 1.82) is 0 Å². The van der Waals surface area contributed by atoms with Crippen LogP contribution in [0.5, 0.6) is 0 Å². The van der Waals surface area contributed by atoms with Gasteiger partial charge in [0.05, 0.1) is 27.7 Å². The van der Waals surface area contributed by atoms with Crippen LogP contribution in [0, 0.1) is 10.1 Å². The molecule has 0 bridgehead atoms. The highest BCUT2D eigenvalue weighted by atomic mass is 16.6. The van der Waals surface area contributed by atoms with Crippen molar-refractivity contribution in [2.75, 3.05) is 5.01 Å². The normalized spacial score (nSPS) is 16.7. The number of nitrogens with zero attached hydrogens (tertiary/aromatic N) is 5. The molecule has 1 aliphatic heterocycles. The van der Waals surface area contributed by atoms with E-state index in [0.29, 0.717) is 6.42 Å². The van der Waals surface area contributed by atoms with Crippen molar-refractivity contribution in [1.82, 2.24) is 9.55 Å². The van der Waals surface area contributed by atoms with E-state index in [0.717, 1.165) is 29.0 Å². The summed E-state index contributed by atoms with van der Waals surface area (Å²) in [6, 6.07) is 15.0. The van der Waals surface area contributed by atoms with E-state index in [2.05, 4.69) is 10.1 Å². The third-order valence-electron chi connectivity index (χ3n) is 4.54. The number of hydrogen-bond donors (Lipinski definition) is 0. The fourth-order valence-electron chi connectivity index (χ4n) is 3.21. The molecule has 0 spiro atoms. The van der Waals surface area contributed by atoms with Crippen molar-refractivity contribution in [2.24, 2.45) is 12.1 Å². The van der Waals surface area contributed by atoms with Crippen molar-refractivity contribution in [3.63, 3.8) is 0 Å². The second-order valence-corrected chi connectivity index (χ2v) is 6.09. The van der Waals surface area contributed by atoms with Crippen LogP contribution in [0.1, 0.15) is 12.2 Å². The number of aryl methyl sites for hydroxylation is 1. The topological polar surface area (TPSA) is 76.6 Å². The molecule has 1 aliphatic rings. The van der Waals surface area contributed by atoms with Gasteiger partial charge < -0.3 is 4.57 Å². The van der Waals surface area contributed by atoms with Crippen molar-refractivity contribution >= 4 is 28.6 Å². The van der Waals surface area contributed by atoms with E-state index in [9.17, 15) is 10.1 Å². The molecular formula is C18H17N5O2. The van der Waals surface area contributed by atoms with Gasteiger partial charge in [0.25, 0.3) is 5.69 Å². The summed E-state index contributed by atoms with van der Waals surface area (Å²) in [5.41, 5.74) is 2.68. The van der Waals surface area contributed by atoms with Gasteiger partial charge in [-0.1, -0.05) is 18.2 Å². The van der Waals surface area contributed by atoms with Crippen LogP contribution in [0.15, 0.2) is 53.6 Å². The zero-order chi connectivity index (χ0) is 17.4. The van der Waals surface area contributed by atoms with Gasteiger partial charge in [-0.05, 0) is 18.2 Å². The number of para-hydroxylation sites is 1. The SMILES string of the molecule is Cn1c(CC2CC=NN2c2ccccc2)nc2ccc([N+](=O)[O-])cc21. The molecule has 1 atom stereocenters. The molecule has 4 rings (SSSR count). The second kappa shape index (κ2) is 6.01. The number of nitro benzene ring substituents is 1. The first-order chi connectivity index (χ1) is 12.1. The molecule has 0 saturated carbocycles. The molecule has 1 unspecified atom stereocenters. The molecule has 0 aliphatic carbocycles. The summed E-state index contributed by atoms with van der Waals surface area (Å²) in [5.74, 6) is 0.895. The van der Waals surface area contributed by atoms with Gasteiger partial charge in [0.15, 0.2) is 0 Å². The van der Waals surface area contributed by atoms with E-state index < -0.39 is 0 Å². The predicted octanol–water partition coefficient (Wildman–Crippen LogP) is 3.29. The lowest BCUT2D eigenvalue weighted by Gasteiger charge is -2.23. The zero-order valence-corrected chi connectivity index (χ0v) is 13.7. The average Bonchev–Trinajstić information content (AvgIpc) is 3.21. The van der Waals surface area contributed by atoms with Crippen LogP contribution in [-0.4, -0.2) is 26.7 Å². The molecule has 0 radical (unpaired) electrons. The quantitative estimate of drug-likeness (QED) is 0.541. The Morgan fingerprint density at radius 1 is 1.24 bits per heavy atom. The summed E-state index contributed by atoms with van der Waals surface area (Å²) in [4.78, 5) is 15.3. The first-order valence-corrected chi connectivity index (χ1v) is 8.10. The largest absolute Gasteiger partial charge is 0.331 e. The maximum atomic E-state index is 11.0. The molecule has 1 aromatic heterocycles. The molecule has 25 heavy (non-hydrogen) atoms. The van der Waals surface area contributed by atoms with E-state index in [1.807, 2.05) is 53.2 Å². The van der Waals surface area contributed by atoms with E-state index >= 15 is 0 Å². The Hall–Kier alpha value is -3.22. The Bertz CT molecular complexity index is 964. The highest BCUT2D eigenvalue weighted by Crippen LogP contribution is 2.26. The van der Waals surface area contributed by atoms with Gasteiger partial charge in [-0.3, -0.25) is 15.1 Å². The van der Waals surface area contributed by atoms with Gasteiger partial charge in [0.2, 0.25) is 0 Å². The molecule has 7 nitrogen and oxygen atoms in total. The Labute approximate surface area is 144 Å². The number of nitro groups is 1. The first-order valence-electron chi connectivity index (χ1n) is 8.10. The monoisotopic (exact) mass is 335 g/mol. The molecule has 2 aromatic carbocycles. The van der Waals surface area contributed by atoms with Crippen molar-refractivity contribution in [3.8, 4) is 0 Å². The van der Waals surface area contributed by atoms with Crippen molar-refractivity contribution < 1.29 is 4.92 Å². The zero-order valence-electron chi connectivity index (χ0n) is 13.7. The van der Waals surface area contributed by atoms with Crippen LogP contribution in [0.4, 0.5) is 11.4 Å². The number of anilines is 1. The van der Waals surface area contributed by atoms with Crippen LogP contribution in [0.25, 0.3) is 11.0 Å². The maximum Gasteiger partial charge on any atom is 0.271 e. The van der Waals surface area contributed by atoms with E-state index in [1.165, 1.54) is 6.07 Å². The number of rotatable bonds is 4. The molecule has 0 N–H and O–H groups in total. The Balaban J connectivity index is 1.64. The summed E-state index contributed by atoms with van der Waals surface area (Å²) in [7, 11) is 1.90. The molecule has 7 heteroatoms. The van der Waals surface area contributed by atoms with Gasteiger partial charge >= 0.3 is 0 Å². The summed E-state index contributed by atoms with van der Waals surface area (Å²) in [6.07, 6.45) is 3.48. The molecule has 0 amide bonds. The lowest BCUT2D eigenvalue weighted by Crippen LogP contribution is -2.29.